The van der Waals surface area contributed by atoms with E-state index in [9.17, 15) is 24.2 Å². The Hall–Kier alpha value is -2.78. The molecule has 0 radical (unpaired) electrons. The number of halogens is 1. The Bertz CT molecular complexity index is 873. The van der Waals surface area contributed by atoms with Gasteiger partial charge in [0.1, 0.15) is 24.2 Å². The Kier molecular flexibility index (Phi) is 5.52. The highest BCUT2D eigenvalue weighted by molar-refractivity contribution is 5.93. The molecule has 1 aromatic heterocycles. The van der Waals surface area contributed by atoms with E-state index < -0.39 is 42.5 Å². The number of aliphatic hydroxyl groups excluding tert-OH is 2. The normalized spacial score (nSPS) is 24.7. The van der Waals surface area contributed by atoms with Gasteiger partial charge < -0.3 is 20.7 Å². The Balaban J connectivity index is 1.84. The number of carbonyl (C=O) groups excluding carboxylic acids is 1. The molecule has 9 heteroatoms. The minimum atomic E-state index is -1.78. The molecule has 0 amide bonds. The molecule has 0 saturated heterocycles. The van der Waals surface area contributed by atoms with Gasteiger partial charge in [0.05, 0.1) is 12.1 Å². The lowest BCUT2D eigenvalue weighted by Crippen LogP contribution is -2.34. The molecule has 4 atom stereocenters. The summed E-state index contributed by atoms with van der Waals surface area (Å²) in [5, 5.41) is 19.1. The molecule has 0 spiro atoms. The molecule has 0 unspecified atom stereocenters. The number of benzene rings is 1. The minimum absolute atomic E-state index is 0.00128. The molecule has 1 heterocycles. The second-order valence-corrected chi connectivity index (χ2v) is 6.47. The molecule has 1 aliphatic carbocycles. The Morgan fingerprint density at radius 2 is 2.07 bits per heavy atom. The molecule has 0 aliphatic heterocycles. The van der Waals surface area contributed by atoms with E-state index in [1.54, 1.807) is 24.3 Å². The largest absolute Gasteiger partial charge is 0.457 e. The van der Waals surface area contributed by atoms with Crippen LogP contribution < -0.4 is 11.4 Å². The van der Waals surface area contributed by atoms with E-state index in [1.165, 1.54) is 0 Å². The molecule has 0 bridgehead atoms. The maximum atomic E-state index is 14.4. The summed E-state index contributed by atoms with van der Waals surface area (Å²) in [5.74, 6) is -1.82. The predicted octanol–water partition coefficient (Wildman–Crippen LogP) is 0.435. The summed E-state index contributed by atoms with van der Waals surface area (Å²) in [6.07, 6.45) is -2.05. The van der Waals surface area contributed by atoms with Gasteiger partial charge in [-0.15, -0.1) is 0 Å². The van der Waals surface area contributed by atoms with Crippen LogP contribution in [0.4, 0.5) is 10.2 Å². The van der Waals surface area contributed by atoms with Gasteiger partial charge in [0.25, 0.3) is 0 Å². The summed E-state index contributed by atoms with van der Waals surface area (Å²) in [4.78, 5) is 28.1. The average Bonchev–Trinajstić information content (AvgIpc) is 2.95. The molecule has 2 aromatic rings. The number of nitrogen functional groups attached to an aromatic ring is 1. The lowest BCUT2D eigenvalue weighted by Gasteiger charge is -2.18. The van der Waals surface area contributed by atoms with Gasteiger partial charge in [-0.1, -0.05) is 30.3 Å². The topological polar surface area (TPSA) is 128 Å². The van der Waals surface area contributed by atoms with Gasteiger partial charge in [-0.25, -0.2) is 14.0 Å². The van der Waals surface area contributed by atoms with E-state index >= 15 is 0 Å². The summed E-state index contributed by atoms with van der Waals surface area (Å²) in [7, 11) is 0. The summed E-state index contributed by atoms with van der Waals surface area (Å²) in [5.41, 5.74) is 5.42. The number of carbonyl (C=O) groups is 1. The number of aromatic nitrogens is 2. The van der Waals surface area contributed by atoms with Gasteiger partial charge >= 0.3 is 11.7 Å². The van der Waals surface area contributed by atoms with Crippen LogP contribution >= 0.6 is 0 Å². The summed E-state index contributed by atoms with van der Waals surface area (Å²) < 4.78 is 20.5. The lowest BCUT2D eigenvalue weighted by atomic mass is 10.1. The maximum Gasteiger partial charge on any atom is 0.349 e. The van der Waals surface area contributed by atoms with Crippen LogP contribution in [-0.4, -0.2) is 44.6 Å². The number of alkyl halides is 1. The van der Waals surface area contributed by atoms with Crippen molar-refractivity contribution in [3.63, 3.8) is 0 Å². The maximum absolute atomic E-state index is 14.4. The zero-order valence-corrected chi connectivity index (χ0v) is 14.4. The van der Waals surface area contributed by atoms with E-state index in [0.717, 1.165) is 16.3 Å². The van der Waals surface area contributed by atoms with Gasteiger partial charge in [-0.05, 0) is 12.0 Å². The number of anilines is 1. The molecule has 1 aliphatic rings. The van der Waals surface area contributed by atoms with Gasteiger partial charge in [-0.2, -0.15) is 4.98 Å². The fourth-order valence-electron chi connectivity index (χ4n) is 3.19. The van der Waals surface area contributed by atoms with Gasteiger partial charge in [-0.3, -0.25) is 4.57 Å². The minimum Gasteiger partial charge on any atom is -0.457 e. The lowest BCUT2D eigenvalue weighted by molar-refractivity contribution is 0.0394. The van der Waals surface area contributed by atoms with Crippen LogP contribution in [0.1, 0.15) is 28.4 Å². The smallest absolute Gasteiger partial charge is 0.349 e. The molecule has 144 valence electrons. The number of rotatable bonds is 5. The van der Waals surface area contributed by atoms with E-state index in [4.69, 9.17) is 10.5 Å². The first-order valence-electron chi connectivity index (χ1n) is 8.45. The van der Waals surface area contributed by atoms with Crippen LogP contribution in [0.3, 0.4) is 0 Å². The fourth-order valence-corrected chi connectivity index (χ4v) is 3.19. The number of aliphatic hydroxyl groups is 2. The van der Waals surface area contributed by atoms with Crippen molar-refractivity contribution in [2.75, 3.05) is 12.3 Å². The Morgan fingerprint density at radius 1 is 1.37 bits per heavy atom. The molecule has 4 N–H and O–H groups in total. The van der Waals surface area contributed by atoms with Gasteiger partial charge in [0.15, 0.2) is 0 Å². The second kappa shape index (κ2) is 7.85. The predicted molar refractivity (Wildman–Crippen MR) is 93.6 cm³/mol. The number of nitrogens with zero attached hydrogens (tertiary/aromatic N) is 2. The third kappa shape index (κ3) is 3.83. The van der Waals surface area contributed by atoms with Gasteiger partial charge in [0.2, 0.25) is 0 Å². The Morgan fingerprint density at radius 3 is 2.70 bits per heavy atom. The monoisotopic (exact) mass is 377 g/mol. The van der Waals surface area contributed by atoms with E-state index in [-0.39, 0.29) is 24.4 Å². The molecular formula is C18H20FN3O5. The molecular weight excluding hydrogens is 357 g/mol. The van der Waals surface area contributed by atoms with Crippen molar-refractivity contribution < 1.29 is 24.1 Å². The molecule has 8 nitrogen and oxygen atoms in total. The number of hydrogen-bond acceptors (Lipinski definition) is 7. The van der Waals surface area contributed by atoms with Crippen molar-refractivity contribution in [3.8, 4) is 0 Å². The molecule has 1 fully saturated rings. The van der Waals surface area contributed by atoms with Crippen LogP contribution in [0.15, 0.2) is 41.3 Å². The molecule has 1 aromatic carbocycles. The highest BCUT2D eigenvalue weighted by atomic mass is 19.1. The van der Waals surface area contributed by atoms with Crippen molar-refractivity contribution in [1.82, 2.24) is 9.55 Å². The van der Waals surface area contributed by atoms with Crippen LogP contribution in [0.2, 0.25) is 0 Å². The quantitative estimate of drug-likeness (QED) is 0.645. The first-order chi connectivity index (χ1) is 12.9. The first kappa shape index (κ1) is 19.0. The second-order valence-electron chi connectivity index (χ2n) is 6.47. The third-order valence-electron chi connectivity index (χ3n) is 4.73. The van der Waals surface area contributed by atoms with Crippen LogP contribution in [-0.2, 0) is 11.3 Å². The highest BCUT2D eigenvalue weighted by Crippen LogP contribution is 2.36. The fraction of sp³-hybridized carbons (Fsp3) is 0.389. The van der Waals surface area contributed by atoms with E-state index in [0.29, 0.717) is 0 Å². The van der Waals surface area contributed by atoms with Crippen LogP contribution in [0, 0.1) is 5.92 Å². The molecule has 27 heavy (non-hydrogen) atoms. The number of nitrogens with two attached hydrogens (primary N) is 1. The SMILES string of the molecule is Nc1nc(=O)n([C@H]2C[C@@H](CO)[C@H](O)[C@H]2F)cc1C(=O)OCc1ccccc1. The Labute approximate surface area is 154 Å². The van der Waals surface area contributed by atoms with Crippen molar-refractivity contribution in [2.24, 2.45) is 5.92 Å². The summed E-state index contributed by atoms with van der Waals surface area (Å²) in [6, 6.07) is 7.91. The number of hydrogen-bond donors (Lipinski definition) is 3. The third-order valence-corrected chi connectivity index (χ3v) is 4.73. The van der Waals surface area contributed by atoms with Crippen LogP contribution in [0.5, 0.6) is 0 Å². The molecule has 1 saturated carbocycles. The van der Waals surface area contributed by atoms with Crippen molar-refractivity contribution >= 4 is 11.8 Å². The first-order valence-corrected chi connectivity index (χ1v) is 8.45. The average molecular weight is 377 g/mol. The van der Waals surface area contributed by atoms with E-state index in [1.807, 2.05) is 6.07 Å². The zero-order valence-electron chi connectivity index (χ0n) is 14.4. The standard InChI is InChI=1S/C18H20FN3O5/c19-14-13(6-11(8-23)15(14)24)22-7-12(16(20)21-18(22)26)17(25)27-9-10-4-2-1-3-5-10/h1-5,7,11,13-15,23-24H,6,8-9H2,(H2,20,21,26)/t11-,13-,14-,15-/m0/s1. The summed E-state index contributed by atoms with van der Waals surface area (Å²) in [6.45, 7) is -0.417. The number of esters is 1. The van der Waals surface area contributed by atoms with Crippen molar-refractivity contribution in [1.29, 1.82) is 0 Å². The van der Waals surface area contributed by atoms with Crippen LogP contribution in [0.25, 0.3) is 0 Å². The van der Waals surface area contributed by atoms with Gasteiger partial charge in [0, 0.05) is 18.7 Å². The highest BCUT2D eigenvalue weighted by Gasteiger charge is 2.44. The number of ether oxygens (including phenoxy) is 1. The summed E-state index contributed by atoms with van der Waals surface area (Å²) >= 11 is 0. The molecule has 3 rings (SSSR count). The van der Waals surface area contributed by atoms with Crippen molar-refractivity contribution in [3.05, 3.63) is 58.1 Å². The van der Waals surface area contributed by atoms with Crippen molar-refractivity contribution in [2.45, 2.75) is 31.3 Å². The zero-order chi connectivity index (χ0) is 19.6. The van der Waals surface area contributed by atoms with E-state index in [2.05, 4.69) is 4.98 Å².